The zero-order valence-corrected chi connectivity index (χ0v) is 23.5. The molecule has 11 heteroatoms. The molecule has 0 radical (unpaired) electrons. The molecule has 0 bridgehead atoms. The first kappa shape index (κ1) is 28.5. The predicted octanol–water partition coefficient (Wildman–Crippen LogP) is 4.96. The van der Waals surface area contributed by atoms with Crippen LogP contribution in [0.5, 0.6) is 17.2 Å². The lowest BCUT2D eigenvalue weighted by molar-refractivity contribution is -0.132. The Hall–Kier alpha value is -3.02. The molecule has 3 aromatic rings. The van der Waals surface area contributed by atoms with Crippen LogP contribution < -0.4 is 20.2 Å². The molecule has 37 heavy (non-hydrogen) atoms. The Balaban J connectivity index is 1.71. The number of benzene rings is 3. The van der Waals surface area contributed by atoms with E-state index in [1.165, 1.54) is 19.4 Å². The number of carbonyl (C=O) groups is 2. The zero-order chi connectivity index (χ0) is 26.9. The van der Waals surface area contributed by atoms with Crippen LogP contribution in [0.4, 0.5) is 0 Å². The minimum atomic E-state index is -0.945. The second kappa shape index (κ2) is 13.5. The molecule has 0 fully saturated rings. The summed E-state index contributed by atoms with van der Waals surface area (Å²) in [6.45, 7) is 1.55. The quantitative estimate of drug-likeness (QED) is 0.163. The van der Waals surface area contributed by atoms with Crippen LogP contribution in [-0.2, 0) is 16.0 Å². The summed E-state index contributed by atoms with van der Waals surface area (Å²) in [6, 6.07) is 16.3. The van der Waals surface area contributed by atoms with Gasteiger partial charge in [-0.15, -0.1) is 0 Å². The van der Waals surface area contributed by atoms with Crippen molar-refractivity contribution in [3.8, 4) is 17.2 Å². The maximum Gasteiger partial charge on any atom is 0.262 e. The molecule has 0 heterocycles. The van der Waals surface area contributed by atoms with Crippen molar-refractivity contribution in [3.05, 3.63) is 85.4 Å². The lowest BCUT2D eigenvalue weighted by atomic mass is 10.1. The first-order valence-electron chi connectivity index (χ1n) is 11.0. The number of methoxy groups -OCH3 is 1. The Morgan fingerprint density at radius 3 is 2.49 bits per heavy atom. The average Bonchev–Trinajstić information content (AvgIpc) is 2.87. The second-order valence-corrected chi connectivity index (χ2v) is 9.88. The fourth-order valence-corrected chi connectivity index (χ4v) is 4.31. The molecule has 0 aliphatic carbocycles. The SMILES string of the molecule is COc1cc(/C=N\NC(=O)[C@H](Cc2ccccc2)NC(=O)[C@H](C)Oc2ccc(Cl)cc2Cl)cc(I)c1O. The molecule has 194 valence electrons. The predicted molar refractivity (Wildman–Crippen MR) is 152 cm³/mol. The van der Waals surface area contributed by atoms with Crippen molar-refractivity contribution in [2.75, 3.05) is 7.11 Å². The van der Waals surface area contributed by atoms with E-state index in [1.54, 1.807) is 31.2 Å². The minimum Gasteiger partial charge on any atom is -0.504 e. The number of carbonyl (C=O) groups excluding carboxylic acids is 2. The number of halogens is 3. The first-order valence-corrected chi connectivity index (χ1v) is 12.9. The van der Waals surface area contributed by atoms with Crippen LogP contribution in [0.3, 0.4) is 0 Å². The number of hydrogen-bond acceptors (Lipinski definition) is 6. The van der Waals surface area contributed by atoms with Gasteiger partial charge in [0, 0.05) is 11.4 Å². The van der Waals surface area contributed by atoms with E-state index in [-0.39, 0.29) is 22.9 Å². The average molecular weight is 656 g/mol. The number of hydrogen-bond donors (Lipinski definition) is 3. The van der Waals surface area contributed by atoms with Crippen molar-refractivity contribution >= 4 is 63.8 Å². The summed E-state index contributed by atoms with van der Waals surface area (Å²) >= 11 is 14.0. The Kier molecular flexibility index (Phi) is 10.4. The molecule has 0 saturated carbocycles. The summed E-state index contributed by atoms with van der Waals surface area (Å²) < 4.78 is 11.4. The van der Waals surface area contributed by atoms with Crippen molar-refractivity contribution in [1.29, 1.82) is 0 Å². The molecule has 0 unspecified atom stereocenters. The van der Waals surface area contributed by atoms with E-state index in [0.29, 0.717) is 19.9 Å². The molecule has 8 nitrogen and oxygen atoms in total. The van der Waals surface area contributed by atoms with Gasteiger partial charge in [-0.2, -0.15) is 5.10 Å². The molecule has 0 aromatic heterocycles. The highest BCUT2D eigenvalue weighted by Crippen LogP contribution is 2.32. The largest absolute Gasteiger partial charge is 0.504 e. The van der Waals surface area contributed by atoms with Crippen molar-refractivity contribution in [3.63, 3.8) is 0 Å². The fourth-order valence-electron chi connectivity index (χ4n) is 3.24. The number of hydrazone groups is 1. The summed E-state index contributed by atoms with van der Waals surface area (Å²) in [5, 5.41) is 17.4. The molecule has 3 N–H and O–H groups in total. The highest BCUT2D eigenvalue weighted by molar-refractivity contribution is 14.1. The third-order valence-corrected chi connectivity index (χ3v) is 6.49. The number of phenolic OH excluding ortho intramolecular Hbond substituents is 1. The van der Waals surface area contributed by atoms with E-state index in [4.69, 9.17) is 32.7 Å². The van der Waals surface area contributed by atoms with Gasteiger partial charge in [-0.05, 0) is 71.0 Å². The molecule has 2 amide bonds. The number of rotatable bonds is 10. The topological polar surface area (TPSA) is 109 Å². The molecule has 0 spiro atoms. The van der Waals surface area contributed by atoms with Gasteiger partial charge in [-0.3, -0.25) is 9.59 Å². The highest BCUT2D eigenvalue weighted by Gasteiger charge is 2.25. The summed E-state index contributed by atoms with van der Waals surface area (Å²) in [5.41, 5.74) is 3.91. The van der Waals surface area contributed by atoms with Gasteiger partial charge in [-0.1, -0.05) is 53.5 Å². The normalized spacial score (nSPS) is 12.6. The van der Waals surface area contributed by atoms with E-state index in [1.807, 2.05) is 52.9 Å². The minimum absolute atomic E-state index is 0.0196. The van der Waals surface area contributed by atoms with E-state index < -0.39 is 24.0 Å². The smallest absolute Gasteiger partial charge is 0.262 e. The molecule has 2 atom stereocenters. The van der Waals surface area contributed by atoms with Gasteiger partial charge in [0.1, 0.15) is 11.8 Å². The van der Waals surface area contributed by atoms with Crippen molar-refractivity contribution in [1.82, 2.24) is 10.7 Å². The van der Waals surface area contributed by atoms with Gasteiger partial charge in [0.2, 0.25) is 0 Å². The van der Waals surface area contributed by atoms with Crippen molar-refractivity contribution < 1.29 is 24.2 Å². The third-order valence-electron chi connectivity index (χ3n) is 5.14. The van der Waals surface area contributed by atoms with Crippen LogP contribution in [0, 0.1) is 3.57 Å². The van der Waals surface area contributed by atoms with Gasteiger partial charge in [0.15, 0.2) is 17.6 Å². The number of nitrogens with zero attached hydrogens (tertiary/aromatic N) is 1. The maximum atomic E-state index is 13.0. The maximum absolute atomic E-state index is 13.0. The van der Waals surface area contributed by atoms with Crippen LogP contribution in [0.25, 0.3) is 0 Å². The first-order chi connectivity index (χ1) is 17.7. The zero-order valence-electron chi connectivity index (χ0n) is 19.9. The van der Waals surface area contributed by atoms with Crippen LogP contribution in [0.1, 0.15) is 18.1 Å². The summed E-state index contributed by atoms with van der Waals surface area (Å²) in [6.07, 6.45) is 0.699. The van der Waals surface area contributed by atoms with Crippen LogP contribution in [0.15, 0.2) is 65.8 Å². The van der Waals surface area contributed by atoms with E-state index in [2.05, 4.69) is 15.8 Å². The Bertz CT molecular complexity index is 1290. The van der Waals surface area contributed by atoms with Crippen LogP contribution in [-0.4, -0.2) is 42.4 Å². The standard InChI is InChI=1S/C26H24Cl2IN3O5/c1-15(37-22-9-8-18(27)13-19(22)28)25(34)31-21(11-16-6-4-3-5-7-16)26(35)32-30-14-17-10-20(29)24(33)23(12-17)36-2/h3-10,12-15,21,33H,11H2,1-2H3,(H,31,34)(H,32,35)/b30-14-/t15-,21-/m0/s1. The summed E-state index contributed by atoms with van der Waals surface area (Å²) in [4.78, 5) is 25.9. The summed E-state index contributed by atoms with van der Waals surface area (Å²) in [5.74, 6) is -0.439. The number of nitrogens with one attached hydrogen (secondary N) is 2. The molecular formula is C26H24Cl2IN3O5. The molecule has 0 saturated heterocycles. The van der Waals surface area contributed by atoms with E-state index in [0.717, 1.165) is 5.56 Å². The molecular weight excluding hydrogens is 632 g/mol. The van der Waals surface area contributed by atoms with Crippen LogP contribution >= 0.6 is 45.8 Å². The van der Waals surface area contributed by atoms with Gasteiger partial charge in [0.05, 0.1) is 21.9 Å². The van der Waals surface area contributed by atoms with Crippen molar-refractivity contribution in [2.45, 2.75) is 25.5 Å². The highest BCUT2D eigenvalue weighted by atomic mass is 127. The Morgan fingerprint density at radius 2 is 1.81 bits per heavy atom. The summed E-state index contributed by atoms with van der Waals surface area (Å²) in [7, 11) is 1.44. The Morgan fingerprint density at radius 1 is 1.08 bits per heavy atom. The second-order valence-electron chi connectivity index (χ2n) is 7.87. The monoisotopic (exact) mass is 655 g/mol. The molecule has 0 aliphatic heterocycles. The number of ether oxygens (including phenoxy) is 2. The van der Waals surface area contributed by atoms with Crippen LogP contribution in [0.2, 0.25) is 10.0 Å². The number of amides is 2. The lowest BCUT2D eigenvalue weighted by Crippen LogP contribution is -2.50. The van der Waals surface area contributed by atoms with Crippen molar-refractivity contribution in [2.24, 2.45) is 5.10 Å². The van der Waals surface area contributed by atoms with Gasteiger partial charge in [0.25, 0.3) is 11.8 Å². The van der Waals surface area contributed by atoms with Gasteiger partial charge >= 0.3 is 0 Å². The van der Waals surface area contributed by atoms with Gasteiger partial charge in [-0.25, -0.2) is 5.43 Å². The molecule has 0 aliphatic rings. The molecule has 3 rings (SSSR count). The third kappa shape index (κ3) is 8.24. The number of phenols is 1. The van der Waals surface area contributed by atoms with Gasteiger partial charge < -0.3 is 19.9 Å². The lowest BCUT2D eigenvalue weighted by Gasteiger charge is -2.21. The fraction of sp³-hybridized carbons (Fsp3) is 0.192. The van der Waals surface area contributed by atoms with E-state index >= 15 is 0 Å². The molecule has 3 aromatic carbocycles. The number of aromatic hydroxyl groups is 1. The van der Waals surface area contributed by atoms with E-state index in [9.17, 15) is 14.7 Å². The Labute approximate surface area is 238 Å².